The van der Waals surface area contributed by atoms with Gasteiger partial charge >= 0.3 is 5.97 Å². The lowest BCUT2D eigenvalue weighted by Gasteiger charge is -2.23. The second kappa shape index (κ2) is 8.17. The van der Waals surface area contributed by atoms with Crippen LogP contribution in [0.5, 0.6) is 0 Å². The maximum Gasteiger partial charge on any atom is 0.326 e. The molecule has 0 saturated carbocycles. The zero-order valence-electron chi connectivity index (χ0n) is 11.5. The van der Waals surface area contributed by atoms with Gasteiger partial charge in [-0.1, -0.05) is 30.7 Å². The highest BCUT2D eigenvalue weighted by Crippen LogP contribution is 2.17. The number of carbonyl (C=O) groups is 2. The van der Waals surface area contributed by atoms with E-state index in [1.54, 1.807) is 13.0 Å². The fraction of sp³-hybridized carbons (Fsp3) is 0.429. The van der Waals surface area contributed by atoms with E-state index in [1.807, 2.05) is 18.2 Å². The molecule has 1 atom stereocenters. The molecule has 0 heterocycles. The summed E-state index contributed by atoms with van der Waals surface area (Å²) in [5.74, 6) is -0.217. The Kier molecular flexibility index (Phi) is 6.88. The van der Waals surface area contributed by atoms with Gasteiger partial charge in [0.05, 0.1) is 5.75 Å². The Bertz CT molecular complexity index is 481. The van der Waals surface area contributed by atoms with Crippen molar-refractivity contribution >= 4 is 35.2 Å². The highest BCUT2D eigenvalue weighted by molar-refractivity contribution is 7.99. The minimum Gasteiger partial charge on any atom is -0.480 e. The van der Waals surface area contributed by atoms with Crippen molar-refractivity contribution in [2.45, 2.75) is 25.1 Å². The molecule has 0 saturated heterocycles. The number of carboxylic acid groups (broad SMARTS) is 1. The van der Waals surface area contributed by atoms with Crippen LogP contribution in [0.15, 0.2) is 24.3 Å². The smallest absolute Gasteiger partial charge is 0.326 e. The summed E-state index contributed by atoms with van der Waals surface area (Å²) in [6.45, 7) is 1.75. The van der Waals surface area contributed by atoms with E-state index in [0.717, 1.165) is 5.56 Å². The number of carbonyl (C=O) groups excluding carboxylic acids is 1. The molecule has 1 rings (SSSR count). The molecule has 0 fully saturated rings. The number of halogens is 1. The van der Waals surface area contributed by atoms with Crippen molar-refractivity contribution in [3.05, 3.63) is 34.9 Å². The van der Waals surface area contributed by atoms with Crippen LogP contribution in [0.4, 0.5) is 0 Å². The van der Waals surface area contributed by atoms with Gasteiger partial charge in [0.1, 0.15) is 6.04 Å². The summed E-state index contributed by atoms with van der Waals surface area (Å²) < 4.78 is 0. The number of hydrogen-bond donors (Lipinski definition) is 1. The third kappa shape index (κ3) is 5.06. The van der Waals surface area contributed by atoms with Gasteiger partial charge in [-0.05, 0) is 24.1 Å². The van der Waals surface area contributed by atoms with Crippen molar-refractivity contribution in [2.24, 2.45) is 0 Å². The van der Waals surface area contributed by atoms with Gasteiger partial charge in [0.25, 0.3) is 0 Å². The second-order valence-electron chi connectivity index (χ2n) is 4.39. The number of thioether (sulfide) groups is 1. The number of rotatable bonds is 7. The lowest BCUT2D eigenvalue weighted by atomic mass is 10.2. The molecule has 0 aliphatic rings. The van der Waals surface area contributed by atoms with Crippen LogP contribution in [0.2, 0.25) is 5.02 Å². The van der Waals surface area contributed by atoms with Crippen LogP contribution < -0.4 is 0 Å². The number of nitrogens with zero attached hydrogens (tertiary/aromatic N) is 1. The molecule has 0 radical (unpaired) electrons. The first-order valence-electron chi connectivity index (χ1n) is 6.26. The Hall–Kier alpha value is -1.20. The van der Waals surface area contributed by atoms with Crippen LogP contribution in [0.25, 0.3) is 0 Å². The van der Waals surface area contributed by atoms with Crippen LogP contribution in [-0.2, 0) is 15.3 Å². The van der Waals surface area contributed by atoms with Gasteiger partial charge in [0.2, 0.25) is 5.91 Å². The molecule has 1 aromatic rings. The number of carboxylic acids is 1. The van der Waals surface area contributed by atoms with E-state index in [-0.39, 0.29) is 11.7 Å². The van der Waals surface area contributed by atoms with E-state index in [2.05, 4.69) is 0 Å². The SMILES string of the molecule is CCC(C(=O)O)N(C)C(=O)CSCc1cccc(Cl)c1. The summed E-state index contributed by atoms with van der Waals surface area (Å²) in [4.78, 5) is 24.2. The van der Waals surface area contributed by atoms with Gasteiger partial charge in [-0.3, -0.25) is 4.79 Å². The Morgan fingerprint density at radius 2 is 2.15 bits per heavy atom. The summed E-state index contributed by atoms with van der Waals surface area (Å²) in [5, 5.41) is 9.68. The first kappa shape index (κ1) is 16.9. The highest BCUT2D eigenvalue weighted by Gasteiger charge is 2.24. The lowest BCUT2D eigenvalue weighted by Crippen LogP contribution is -2.42. The molecule has 0 aromatic heterocycles. The molecule has 0 aliphatic carbocycles. The third-order valence-corrected chi connectivity index (χ3v) is 4.14. The average molecular weight is 316 g/mol. The van der Waals surface area contributed by atoms with Crippen LogP contribution in [0, 0.1) is 0 Å². The van der Waals surface area contributed by atoms with Gasteiger partial charge in [-0.15, -0.1) is 11.8 Å². The average Bonchev–Trinajstić information content (AvgIpc) is 2.38. The normalized spacial score (nSPS) is 11.9. The summed E-state index contributed by atoms with van der Waals surface area (Å²) in [7, 11) is 1.53. The zero-order chi connectivity index (χ0) is 15.1. The van der Waals surface area contributed by atoms with E-state index < -0.39 is 12.0 Å². The molecule has 4 nitrogen and oxygen atoms in total. The summed E-state index contributed by atoms with van der Waals surface area (Å²) >= 11 is 7.33. The first-order valence-corrected chi connectivity index (χ1v) is 7.79. The van der Waals surface area contributed by atoms with Crippen LogP contribution >= 0.6 is 23.4 Å². The molecule has 0 aliphatic heterocycles. The molecular weight excluding hydrogens is 298 g/mol. The molecule has 0 bridgehead atoms. The molecule has 0 spiro atoms. The second-order valence-corrected chi connectivity index (χ2v) is 5.81. The van der Waals surface area contributed by atoms with Crippen LogP contribution in [-0.4, -0.2) is 40.7 Å². The maximum absolute atomic E-state index is 11.9. The Labute approximate surface area is 128 Å². The molecule has 1 amide bonds. The molecule has 20 heavy (non-hydrogen) atoms. The molecule has 110 valence electrons. The number of likely N-dealkylation sites (N-methyl/N-ethyl adjacent to an activating group) is 1. The quantitative estimate of drug-likeness (QED) is 0.840. The van der Waals surface area contributed by atoms with E-state index in [4.69, 9.17) is 16.7 Å². The van der Waals surface area contributed by atoms with Crippen molar-refractivity contribution in [1.29, 1.82) is 0 Å². The van der Waals surface area contributed by atoms with E-state index >= 15 is 0 Å². The number of benzene rings is 1. The van der Waals surface area contributed by atoms with Crippen LogP contribution in [0.1, 0.15) is 18.9 Å². The van der Waals surface area contributed by atoms with Crippen molar-refractivity contribution in [2.75, 3.05) is 12.8 Å². The predicted octanol–water partition coefficient (Wildman–Crippen LogP) is 2.89. The summed E-state index contributed by atoms with van der Waals surface area (Å²) in [5.41, 5.74) is 1.04. The molecule has 1 unspecified atom stereocenters. The topological polar surface area (TPSA) is 57.6 Å². The molecule has 6 heteroatoms. The fourth-order valence-electron chi connectivity index (χ4n) is 1.77. The molecular formula is C14H18ClNO3S. The fourth-order valence-corrected chi connectivity index (χ4v) is 2.88. The highest BCUT2D eigenvalue weighted by atomic mass is 35.5. The molecule has 1 N–H and O–H groups in total. The minimum absolute atomic E-state index is 0.175. The van der Waals surface area contributed by atoms with Gasteiger partial charge in [0, 0.05) is 17.8 Å². The van der Waals surface area contributed by atoms with Crippen molar-refractivity contribution in [1.82, 2.24) is 4.90 Å². The molecule has 1 aromatic carbocycles. The maximum atomic E-state index is 11.9. The first-order chi connectivity index (χ1) is 9.45. The van der Waals surface area contributed by atoms with Crippen molar-refractivity contribution in [3.8, 4) is 0 Å². The van der Waals surface area contributed by atoms with E-state index in [1.165, 1.54) is 23.7 Å². The minimum atomic E-state index is -0.969. The van der Waals surface area contributed by atoms with E-state index in [0.29, 0.717) is 17.2 Å². The van der Waals surface area contributed by atoms with Gasteiger partial charge in [-0.25, -0.2) is 4.79 Å². The van der Waals surface area contributed by atoms with Crippen LogP contribution in [0.3, 0.4) is 0 Å². The Morgan fingerprint density at radius 1 is 1.45 bits per heavy atom. The van der Waals surface area contributed by atoms with E-state index in [9.17, 15) is 9.59 Å². The lowest BCUT2D eigenvalue weighted by molar-refractivity contribution is -0.148. The number of amides is 1. The Morgan fingerprint density at radius 3 is 2.70 bits per heavy atom. The van der Waals surface area contributed by atoms with Gasteiger partial charge in [0.15, 0.2) is 0 Å². The largest absolute Gasteiger partial charge is 0.480 e. The third-order valence-electron chi connectivity index (χ3n) is 2.92. The Balaban J connectivity index is 2.45. The zero-order valence-corrected chi connectivity index (χ0v) is 13.1. The summed E-state index contributed by atoms with van der Waals surface area (Å²) in [6, 6.07) is 6.71. The monoisotopic (exact) mass is 315 g/mol. The van der Waals surface area contributed by atoms with Gasteiger partial charge in [-0.2, -0.15) is 0 Å². The predicted molar refractivity (Wildman–Crippen MR) is 82.1 cm³/mol. The van der Waals surface area contributed by atoms with Crippen molar-refractivity contribution in [3.63, 3.8) is 0 Å². The number of aliphatic carboxylic acids is 1. The standard InChI is InChI=1S/C14H18ClNO3S/c1-3-12(14(18)19)16(2)13(17)9-20-8-10-5-4-6-11(15)7-10/h4-7,12H,3,8-9H2,1-2H3,(H,18,19). The number of hydrogen-bond acceptors (Lipinski definition) is 3. The summed E-state index contributed by atoms with van der Waals surface area (Å²) in [6.07, 6.45) is 0.399. The van der Waals surface area contributed by atoms with Gasteiger partial charge < -0.3 is 10.0 Å². The van der Waals surface area contributed by atoms with Crippen molar-refractivity contribution < 1.29 is 14.7 Å².